The van der Waals surface area contributed by atoms with E-state index in [-0.39, 0.29) is 6.09 Å². The van der Waals surface area contributed by atoms with E-state index in [0.29, 0.717) is 6.61 Å². The maximum absolute atomic E-state index is 11.6. The van der Waals surface area contributed by atoms with Gasteiger partial charge in [-0.1, -0.05) is 19.6 Å². The minimum atomic E-state index is -1.08. The third-order valence-corrected chi connectivity index (χ3v) is 4.16. The molecule has 4 nitrogen and oxygen atoms in total. The summed E-state index contributed by atoms with van der Waals surface area (Å²) < 4.78 is 5.25. The lowest BCUT2D eigenvalue weighted by atomic mass is 10.4. The third-order valence-electron chi connectivity index (χ3n) is 2.45. The molecule has 5 heteroatoms. The number of nitrogens with zero attached hydrogens (tertiary/aromatic N) is 1. The summed E-state index contributed by atoms with van der Waals surface area (Å²) in [5.74, 6) is 0. The number of amides is 1. The Hall–Kier alpha value is -0.553. The van der Waals surface area contributed by atoms with E-state index in [0.717, 1.165) is 32.2 Å². The molecule has 88 valence electrons. The summed E-state index contributed by atoms with van der Waals surface area (Å²) in [7, 11) is -1.08. The van der Waals surface area contributed by atoms with Crippen LogP contribution >= 0.6 is 0 Å². The van der Waals surface area contributed by atoms with Crippen molar-refractivity contribution in [2.75, 3.05) is 32.8 Å². The summed E-state index contributed by atoms with van der Waals surface area (Å²) in [6.07, 6.45) is -0.144. The van der Waals surface area contributed by atoms with Crippen molar-refractivity contribution in [2.24, 2.45) is 0 Å². The highest BCUT2D eigenvalue weighted by Crippen LogP contribution is 2.08. The molecule has 1 aliphatic heterocycles. The van der Waals surface area contributed by atoms with E-state index in [9.17, 15) is 4.79 Å². The Kier molecular flexibility index (Phi) is 4.60. The van der Waals surface area contributed by atoms with Crippen molar-refractivity contribution < 1.29 is 9.53 Å². The molecule has 0 aliphatic carbocycles. The largest absolute Gasteiger partial charge is 0.450 e. The molecule has 1 fully saturated rings. The van der Waals surface area contributed by atoms with Crippen molar-refractivity contribution in [3.63, 3.8) is 0 Å². The number of rotatable bonds is 3. The van der Waals surface area contributed by atoms with Crippen LogP contribution in [0.4, 0.5) is 4.79 Å². The van der Waals surface area contributed by atoms with Gasteiger partial charge >= 0.3 is 6.09 Å². The average molecular weight is 230 g/mol. The van der Waals surface area contributed by atoms with E-state index in [2.05, 4.69) is 25.0 Å². The van der Waals surface area contributed by atoms with Crippen molar-refractivity contribution in [1.82, 2.24) is 10.2 Å². The smallest absolute Gasteiger partial charge is 0.409 e. The zero-order valence-corrected chi connectivity index (χ0v) is 11.0. The van der Waals surface area contributed by atoms with Crippen LogP contribution in [-0.4, -0.2) is 51.9 Å². The van der Waals surface area contributed by atoms with Crippen molar-refractivity contribution >= 4 is 14.2 Å². The summed E-state index contributed by atoms with van der Waals surface area (Å²) in [5, 5.41) is 3.21. The molecule has 1 saturated heterocycles. The lowest BCUT2D eigenvalue weighted by molar-refractivity contribution is 0.102. The van der Waals surface area contributed by atoms with Gasteiger partial charge in [0.1, 0.15) is 0 Å². The number of carbonyl (C=O) groups excluding carboxylic acids is 1. The fraction of sp³-hybridized carbons (Fsp3) is 0.900. The maximum Gasteiger partial charge on any atom is 0.409 e. The normalized spacial score (nSPS) is 17.7. The summed E-state index contributed by atoms with van der Waals surface area (Å²) in [4.78, 5) is 13.4. The Morgan fingerprint density at radius 3 is 2.47 bits per heavy atom. The topological polar surface area (TPSA) is 41.6 Å². The van der Waals surface area contributed by atoms with Crippen LogP contribution in [0.5, 0.6) is 0 Å². The van der Waals surface area contributed by atoms with E-state index in [1.54, 1.807) is 4.90 Å². The van der Waals surface area contributed by atoms with Crippen LogP contribution in [0.15, 0.2) is 0 Å². The van der Waals surface area contributed by atoms with Crippen LogP contribution in [0.25, 0.3) is 0 Å². The van der Waals surface area contributed by atoms with Gasteiger partial charge in [0, 0.05) is 34.3 Å². The van der Waals surface area contributed by atoms with Crippen molar-refractivity contribution in [3.8, 4) is 0 Å². The Bertz CT molecular complexity index is 210. The van der Waals surface area contributed by atoms with E-state index in [1.807, 2.05) is 0 Å². The molecular weight excluding hydrogens is 208 g/mol. The fourth-order valence-corrected chi connectivity index (χ4v) is 2.10. The average Bonchev–Trinajstić information content (AvgIpc) is 2.17. The molecule has 0 aromatic carbocycles. The molecule has 1 rings (SSSR count). The van der Waals surface area contributed by atoms with Gasteiger partial charge in [-0.2, -0.15) is 0 Å². The quantitative estimate of drug-likeness (QED) is 0.745. The van der Waals surface area contributed by atoms with Crippen molar-refractivity contribution in [1.29, 1.82) is 0 Å². The summed E-state index contributed by atoms with van der Waals surface area (Å²) in [5.41, 5.74) is 0. The molecule has 0 spiro atoms. The van der Waals surface area contributed by atoms with E-state index < -0.39 is 8.07 Å². The van der Waals surface area contributed by atoms with Gasteiger partial charge < -0.3 is 15.0 Å². The first-order valence-corrected chi connectivity index (χ1v) is 9.32. The Morgan fingerprint density at radius 1 is 1.33 bits per heavy atom. The van der Waals surface area contributed by atoms with Crippen LogP contribution in [0, 0.1) is 0 Å². The van der Waals surface area contributed by atoms with Crippen LogP contribution < -0.4 is 5.32 Å². The van der Waals surface area contributed by atoms with Gasteiger partial charge in [-0.15, -0.1) is 0 Å². The highest BCUT2D eigenvalue weighted by atomic mass is 28.3. The molecule has 1 heterocycles. The third kappa shape index (κ3) is 5.18. The highest BCUT2D eigenvalue weighted by molar-refractivity contribution is 6.76. The van der Waals surface area contributed by atoms with Gasteiger partial charge in [0.2, 0.25) is 0 Å². The van der Waals surface area contributed by atoms with Crippen molar-refractivity contribution in [3.05, 3.63) is 0 Å². The molecule has 15 heavy (non-hydrogen) atoms. The lowest BCUT2D eigenvalue weighted by Crippen LogP contribution is -2.46. The molecule has 0 aromatic heterocycles. The standard InChI is InChI=1S/C10H22N2O2Si/c1-15(2,3)9-8-14-10(13)12-6-4-11-5-7-12/h11H,4-9H2,1-3H3. The monoisotopic (exact) mass is 230 g/mol. The first-order valence-electron chi connectivity index (χ1n) is 5.61. The number of carbonyl (C=O) groups is 1. The fourth-order valence-electron chi connectivity index (χ4n) is 1.38. The number of ether oxygens (including phenoxy) is 1. The minimum absolute atomic E-state index is 0.144. The zero-order chi connectivity index (χ0) is 11.3. The van der Waals surface area contributed by atoms with Gasteiger partial charge in [0.05, 0.1) is 6.61 Å². The second-order valence-corrected chi connectivity index (χ2v) is 10.8. The lowest BCUT2D eigenvalue weighted by Gasteiger charge is -2.27. The molecule has 0 unspecified atom stereocenters. The summed E-state index contributed by atoms with van der Waals surface area (Å²) >= 11 is 0. The van der Waals surface area contributed by atoms with Gasteiger partial charge in [-0.3, -0.25) is 0 Å². The molecule has 0 aromatic rings. The van der Waals surface area contributed by atoms with Crippen LogP contribution in [0.1, 0.15) is 0 Å². The second kappa shape index (κ2) is 5.51. The van der Waals surface area contributed by atoms with E-state index >= 15 is 0 Å². The van der Waals surface area contributed by atoms with E-state index in [1.165, 1.54) is 0 Å². The summed E-state index contributed by atoms with van der Waals surface area (Å²) in [6, 6.07) is 1.05. The Balaban J connectivity index is 2.17. The second-order valence-electron chi connectivity index (χ2n) is 5.16. The van der Waals surface area contributed by atoms with Gasteiger partial charge in [0.25, 0.3) is 0 Å². The molecule has 0 atom stereocenters. The number of hydrogen-bond donors (Lipinski definition) is 1. The highest BCUT2D eigenvalue weighted by Gasteiger charge is 2.19. The maximum atomic E-state index is 11.6. The molecular formula is C10H22N2O2Si. The Morgan fingerprint density at radius 2 is 1.93 bits per heavy atom. The number of hydrogen-bond acceptors (Lipinski definition) is 3. The molecule has 0 radical (unpaired) electrons. The SMILES string of the molecule is C[Si](C)(C)CCOC(=O)N1CCNCC1. The van der Waals surface area contributed by atoms with Crippen LogP contribution in [0.3, 0.4) is 0 Å². The first kappa shape index (κ1) is 12.5. The zero-order valence-electron chi connectivity index (χ0n) is 10.0. The first-order chi connectivity index (χ1) is 6.99. The molecule has 0 saturated carbocycles. The van der Waals surface area contributed by atoms with Crippen LogP contribution in [-0.2, 0) is 4.74 Å². The van der Waals surface area contributed by atoms with Gasteiger partial charge in [-0.05, 0) is 6.04 Å². The molecule has 1 amide bonds. The number of nitrogens with one attached hydrogen (secondary N) is 1. The van der Waals surface area contributed by atoms with Crippen molar-refractivity contribution in [2.45, 2.75) is 25.7 Å². The molecule has 0 bridgehead atoms. The van der Waals surface area contributed by atoms with Gasteiger partial charge in [0.15, 0.2) is 0 Å². The minimum Gasteiger partial charge on any atom is -0.450 e. The molecule has 1 N–H and O–H groups in total. The van der Waals surface area contributed by atoms with E-state index in [4.69, 9.17) is 4.74 Å². The predicted molar refractivity (Wildman–Crippen MR) is 63.9 cm³/mol. The number of piperazine rings is 1. The predicted octanol–water partition coefficient (Wildman–Crippen LogP) is 1.37. The van der Waals surface area contributed by atoms with Gasteiger partial charge in [-0.25, -0.2) is 4.79 Å². The summed E-state index contributed by atoms with van der Waals surface area (Å²) in [6.45, 7) is 10.7. The van der Waals surface area contributed by atoms with Crippen LogP contribution in [0.2, 0.25) is 25.7 Å². The molecule has 1 aliphatic rings. The Labute approximate surface area is 93.0 Å².